The van der Waals surface area contributed by atoms with E-state index >= 15 is 0 Å². The van der Waals surface area contributed by atoms with Crippen molar-refractivity contribution < 1.29 is 14.3 Å². The van der Waals surface area contributed by atoms with Gasteiger partial charge in [0.25, 0.3) is 5.91 Å². The quantitative estimate of drug-likeness (QED) is 0.824. The van der Waals surface area contributed by atoms with Crippen LogP contribution in [-0.2, 0) is 0 Å². The molecule has 2 aliphatic rings. The molecule has 0 spiro atoms. The van der Waals surface area contributed by atoms with Crippen molar-refractivity contribution in [2.75, 3.05) is 18.5 Å². The molecule has 1 aromatic carbocycles. The largest absolute Gasteiger partial charge is 0.486 e. The Morgan fingerprint density at radius 3 is 2.85 bits per heavy atom. The number of benzene rings is 1. The molecular formula is C18H19N5O3. The van der Waals surface area contributed by atoms with E-state index < -0.39 is 5.91 Å². The van der Waals surface area contributed by atoms with Crippen molar-refractivity contribution >= 4 is 17.4 Å². The smallest absolute Gasteiger partial charge is 0.254 e. The highest BCUT2D eigenvalue weighted by molar-refractivity contribution is 5.98. The van der Waals surface area contributed by atoms with E-state index in [0.29, 0.717) is 54.1 Å². The van der Waals surface area contributed by atoms with Crippen LogP contribution in [0.15, 0.2) is 24.4 Å². The van der Waals surface area contributed by atoms with Gasteiger partial charge in [0.05, 0.1) is 18.5 Å². The molecule has 1 unspecified atom stereocenters. The van der Waals surface area contributed by atoms with E-state index in [2.05, 4.69) is 16.5 Å². The number of rotatable bonds is 6. The van der Waals surface area contributed by atoms with Gasteiger partial charge in [-0.25, -0.2) is 0 Å². The molecule has 0 saturated heterocycles. The third-order valence-corrected chi connectivity index (χ3v) is 4.61. The highest BCUT2D eigenvalue weighted by Crippen LogP contribution is 2.42. The lowest BCUT2D eigenvalue weighted by molar-refractivity contribution is 0.100. The number of amides is 1. The zero-order chi connectivity index (χ0) is 18.1. The van der Waals surface area contributed by atoms with Crippen LogP contribution in [0.4, 0.5) is 11.5 Å². The molecule has 3 N–H and O–H groups in total. The van der Waals surface area contributed by atoms with Crippen LogP contribution in [0.2, 0.25) is 0 Å². The minimum atomic E-state index is -0.567. The molecule has 1 aromatic heterocycles. The van der Waals surface area contributed by atoms with Crippen LogP contribution < -0.4 is 20.5 Å². The van der Waals surface area contributed by atoms with Gasteiger partial charge in [-0.3, -0.25) is 9.48 Å². The predicted octanol–water partition coefficient (Wildman–Crippen LogP) is 2.36. The summed E-state index contributed by atoms with van der Waals surface area (Å²) in [5.74, 6) is 1.56. The summed E-state index contributed by atoms with van der Waals surface area (Å²) in [5, 5.41) is 16.7. The molecular weight excluding hydrogens is 334 g/mol. The molecule has 8 nitrogen and oxygen atoms in total. The molecule has 1 atom stereocenters. The summed E-state index contributed by atoms with van der Waals surface area (Å²) in [6.45, 7) is 1.02. The number of hydrogen-bond acceptors (Lipinski definition) is 6. The number of nitrogens with one attached hydrogen (secondary N) is 1. The van der Waals surface area contributed by atoms with Gasteiger partial charge in [-0.1, -0.05) is 0 Å². The lowest BCUT2D eigenvalue weighted by Gasteiger charge is -2.19. The highest BCUT2D eigenvalue weighted by Gasteiger charge is 2.34. The molecule has 0 radical (unpaired) electrons. The fourth-order valence-electron chi connectivity index (χ4n) is 3.14. The summed E-state index contributed by atoms with van der Waals surface area (Å²) in [6.07, 6.45) is 4.13. The maximum atomic E-state index is 11.8. The Bertz CT molecular complexity index is 881. The van der Waals surface area contributed by atoms with E-state index in [4.69, 9.17) is 20.5 Å². The van der Waals surface area contributed by atoms with Crippen LogP contribution in [0, 0.1) is 17.2 Å². The van der Waals surface area contributed by atoms with Gasteiger partial charge in [0.15, 0.2) is 17.3 Å². The summed E-state index contributed by atoms with van der Waals surface area (Å²) < 4.78 is 12.8. The Kier molecular flexibility index (Phi) is 4.13. The molecule has 8 heteroatoms. The Hall–Kier alpha value is -3.21. The van der Waals surface area contributed by atoms with Gasteiger partial charge in [0.2, 0.25) is 0 Å². The summed E-state index contributed by atoms with van der Waals surface area (Å²) in [4.78, 5) is 11.8. The Balaban J connectivity index is 1.63. The Morgan fingerprint density at radius 1 is 1.38 bits per heavy atom. The molecule has 134 valence electrons. The van der Waals surface area contributed by atoms with E-state index in [-0.39, 0.29) is 6.04 Å². The minimum absolute atomic E-state index is 0.0334. The lowest BCUT2D eigenvalue weighted by atomic mass is 10.1. The number of nitrogens with zero attached hydrogens (tertiary/aromatic N) is 3. The van der Waals surface area contributed by atoms with Gasteiger partial charge in [-0.15, -0.1) is 0 Å². The normalized spacial score (nSPS) is 16.6. The number of primary amides is 1. The lowest BCUT2D eigenvalue weighted by Crippen LogP contribution is -2.15. The van der Waals surface area contributed by atoms with E-state index in [1.807, 2.05) is 6.07 Å². The fraction of sp³-hybridized carbons (Fsp3) is 0.389. The van der Waals surface area contributed by atoms with Crippen LogP contribution in [0.3, 0.4) is 0 Å². The number of carbonyl (C=O) groups excluding carboxylic acids is 1. The minimum Gasteiger partial charge on any atom is -0.486 e. The number of anilines is 2. The SMILES string of the molecule is N#CCC(C1CC1)n1cc(C(N)=O)c(Nc2ccc3c(c2)OCCO3)n1. The van der Waals surface area contributed by atoms with Crippen molar-refractivity contribution in [1.29, 1.82) is 5.26 Å². The maximum absolute atomic E-state index is 11.8. The average Bonchev–Trinajstić information content (AvgIpc) is 3.39. The first-order chi connectivity index (χ1) is 12.7. The van der Waals surface area contributed by atoms with Gasteiger partial charge < -0.3 is 20.5 Å². The second kappa shape index (κ2) is 6.59. The predicted molar refractivity (Wildman–Crippen MR) is 93.5 cm³/mol. The van der Waals surface area contributed by atoms with E-state index in [1.165, 1.54) is 0 Å². The number of nitrogens with two attached hydrogens (primary N) is 1. The van der Waals surface area contributed by atoms with Crippen LogP contribution in [0.25, 0.3) is 0 Å². The van der Waals surface area contributed by atoms with Crippen LogP contribution >= 0.6 is 0 Å². The molecule has 2 aromatic rings. The summed E-state index contributed by atoms with van der Waals surface area (Å²) >= 11 is 0. The summed E-state index contributed by atoms with van der Waals surface area (Å²) in [5.41, 5.74) is 6.52. The highest BCUT2D eigenvalue weighted by atomic mass is 16.6. The first-order valence-corrected chi connectivity index (χ1v) is 8.58. The van der Waals surface area contributed by atoms with Crippen molar-refractivity contribution in [1.82, 2.24) is 9.78 Å². The van der Waals surface area contributed by atoms with Gasteiger partial charge in [0.1, 0.15) is 18.8 Å². The van der Waals surface area contributed by atoms with Gasteiger partial charge >= 0.3 is 0 Å². The van der Waals surface area contributed by atoms with Crippen molar-refractivity contribution in [3.63, 3.8) is 0 Å². The number of aromatic nitrogens is 2. The van der Waals surface area contributed by atoms with E-state index in [9.17, 15) is 4.79 Å². The van der Waals surface area contributed by atoms with Crippen LogP contribution in [0.5, 0.6) is 11.5 Å². The molecule has 26 heavy (non-hydrogen) atoms. The molecule has 1 aliphatic heterocycles. The molecule has 4 rings (SSSR count). The fourth-order valence-corrected chi connectivity index (χ4v) is 3.14. The first-order valence-electron chi connectivity index (χ1n) is 8.58. The van der Waals surface area contributed by atoms with Crippen molar-refractivity contribution in [2.24, 2.45) is 11.7 Å². The molecule has 1 saturated carbocycles. The molecule has 2 heterocycles. The van der Waals surface area contributed by atoms with E-state index in [1.54, 1.807) is 23.0 Å². The third kappa shape index (κ3) is 3.16. The van der Waals surface area contributed by atoms with Gasteiger partial charge in [0, 0.05) is 18.0 Å². The number of carbonyl (C=O) groups is 1. The third-order valence-electron chi connectivity index (χ3n) is 4.61. The van der Waals surface area contributed by atoms with Crippen molar-refractivity contribution in [3.05, 3.63) is 30.0 Å². The Morgan fingerprint density at radius 2 is 2.15 bits per heavy atom. The average molecular weight is 353 g/mol. The standard InChI is InChI=1S/C18H19N5O3/c19-6-5-14(11-1-2-11)23-10-13(17(20)24)18(22-23)21-12-3-4-15-16(9-12)26-8-7-25-15/h3-4,9-11,14H,1-2,5,7-8H2,(H2,20,24)(H,21,22). The van der Waals surface area contributed by atoms with Gasteiger partial charge in [-0.2, -0.15) is 10.4 Å². The van der Waals surface area contributed by atoms with Crippen LogP contribution in [0.1, 0.15) is 35.7 Å². The number of nitriles is 1. The first kappa shape index (κ1) is 16.3. The molecule has 1 fully saturated rings. The van der Waals surface area contributed by atoms with Gasteiger partial charge in [-0.05, 0) is 30.9 Å². The number of hydrogen-bond donors (Lipinski definition) is 2. The Labute approximate surface area is 150 Å². The molecule has 0 bridgehead atoms. The molecule has 1 aliphatic carbocycles. The maximum Gasteiger partial charge on any atom is 0.254 e. The monoisotopic (exact) mass is 353 g/mol. The van der Waals surface area contributed by atoms with Crippen LogP contribution in [-0.4, -0.2) is 28.9 Å². The van der Waals surface area contributed by atoms with Crippen molar-refractivity contribution in [3.8, 4) is 17.6 Å². The van der Waals surface area contributed by atoms with E-state index in [0.717, 1.165) is 12.8 Å². The zero-order valence-corrected chi connectivity index (χ0v) is 14.1. The number of ether oxygens (including phenoxy) is 2. The topological polar surface area (TPSA) is 115 Å². The second-order valence-corrected chi connectivity index (χ2v) is 6.49. The summed E-state index contributed by atoms with van der Waals surface area (Å²) in [7, 11) is 0. The van der Waals surface area contributed by atoms with Crippen molar-refractivity contribution in [2.45, 2.75) is 25.3 Å². The second-order valence-electron chi connectivity index (χ2n) is 6.49. The zero-order valence-electron chi connectivity index (χ0n) is 14.1. The molecule has 1 amide bonds. The number of fused-ring (bicyclic) bond motifs is 1. The summed E-state index contributed by atoms with van der Waals surface area (Å²) in [6, 6.07) is 7.60.